The molecule has 0 aromatic heterocycles. The molecule has 1 amide bonds. The Morgan fingerprint density at radius 3 is 2.61 bits per heavy atom. The van der Waals surface area contributed by atoms with Gasteiger partial charge in [-0.2, -0.15) is 13.2 Å². The molecule has 4 nitrogen and oxygen atoms in total. The van der Waals surface area contributed by atoms with E-state index in [1.165, 1.54) is 18.2 Å². The summed E-state index contributed by atoms with van der Waals surface area (Å²) in [5.41, 5.74) is 0.391. The van der Waals surface area contributed by atoms with Gasteiger partial charge in [-0.3, -0.25) is 4.79 Å². The lowest BCUT2D eigenvalue weighted by Gasteiger charge is -2.19. The van der Waals surface area contributed by atoms with E-state index in [4.69, 9.17) is 5.11 Å². The maximum atomic E-state index is 12.3. The second-order valence-electron chi connectivity index (χ2n) is 3.92. The quantitative estimate of drug-likeness (QED) is 0.881. The zero-order chi connectivity index (χ0) is 13.5. The molecule has 1 aliphatic heterocycles. The number of fused-ring (bicyclic) bond motifs is 1. The molecule has 1 heterocycles. The highest BCUT2D eigenvalue weighted by molar-refractivity contribution is 6.02. The molecule has 0 aliphatic carbocycles. The van der Waals surface area contributed by atoms with Crippen molar-refractivity contribution < 1.29 is 27.9 Å². The summed E-state index contributed by atoms with van der Waals surface area (Å²) >= 11 is 0. The number of anilines is 1. The molecule has 0 bridgehead atoms. The molecule has 1 aromatic carbocycles. The van der Waals surface area contributed by atoms with Crippen LogP contribution >= 0.6 is 0 Å². The molecule has 0 fully saturated rings. The minimum Gasteiger partial charge on any atom is -0.478 e. The van der Waals surface area contributed by atoms with Crippen molar-refractivity contribution in [3.05, 3.63) is 29.3 Å². The van der Waals surface area contributed by atoms with Gasteiger partial charge in [-0.25, -0.2) is 4.79 Å². The summed E-state index contributed by atoms with van der Waals surface area (Å²) < 4.78 is 36.9. The minimum absolute atomic E-state index is 0.0459. The van der Waals surface area contributed by atoms with Crippen molar-refractivity contribution in [3.8, 4) is 0 Å². The van der Waals surface area contributed by atoms with E-state index in [1.807, 2.05) is 0 Å². The Morgan fingerprint density at radius 2 is 2.06 bits per heavy atom. The fraction of sp³-hybridized carbons (Fsp3) is 0.273. The van der Waals surface area contributed by atoms with Crippen LogP contribution in [0.5, 0.6) is 0 Å². The average molecular weight is 259 g/mol. The van der Waals surface area contributed by atoms with Gasteiger partial charge in [0.2, 0.25) is 5.91 Å². The van der Waals surface area contributed by atoms with Gasteiger partial charge in [0, 0.05) is 5.69 Å². The van der Waals surface area contributed by atoms with E-state index in [2.05, 4.69) is 0 Å². The summed E-state index contributed by atoms with van der Waals surface area (Å²) in [6.07, 6.45) is -4.69. The molecular formula is C11H8F3NO3. The van der Waals surface area contributed by atoms with Crippen LogP contribution in [0.1, 0.15) is 15.9 Å². The molecule has 2 rings (SSSR count). The second kappa shape index (κ2) is 4.01. The van der Waals surface area contributed by atoms with Gasteiger partial charge in [0.05, 0.1) is 12.0 Å². The fourth-order valence-electron chi connectivity index (χ4n) is 1.87. The smallest absolute Gasteiger partial charge is 0.406 e. The maximum absolute atomic E-state index is 12.3. The van der Waals surface area contributed by atoms with Crippen LogP contribution in [0.4, 0.5) is 18.9 Å². The second-order valence-corrected chi connectivity index (χ2v) is 3.92. The highest BCUT2D eigenvalue weighted by Gasteiger charge is 2.37. The molecule has 0 saturated heterocycles. The van der Waals surface area contributed by atoms with Gasteiger partial charge in [0.1, 0.15) is 6.54 Å². The predicted octanol–water partition coefficient (Wildman–Crippen LogP) is 1.84. The Balaban J connectivity index is 2.35. The summed E-state index contributed by atoms with van der Waals surface area (Å²) in [7, 11) is 0. The number of rotatable bonds is 2. The van der Waals surface area contributed by atoms with Gasteiger partial charge in [0.15, 0.2) is 0 Å². The Morgan fingerprint density at radius 1 is 1.39 bits per heavy atom. The number of carbonyl (C=O) groups excluding carboxylic acids is 1. The first-order valence-corrected chi connectivity index (χ1v) is 5.01. The number of benzene rings is 1. The molecule has 1 aliphatic rings. The molecule has 7 heteroatoms. The number of carboxylic acids is 1. The number of halogens is 3. The SMILES string of the molecule is O=C(O)c1ccc2c(c1)CC(=O)N2CC(F)(F)F. The molecule has 0 unspecified atom stereocenters. The number of carbonyl (C=O) groups is 2. The molecule has 1 aromatic rings. The van der Waals surface area contributed by atoms with Crippen molar-refractivity contribution in [1.29, 1.82) is 0 Å². The van der Waals surface area contributed by atoms with Crippen molar-refractivity contribution >= 4 is 17.6 Å². The third-order valence-corrected chi connectivity index (χ3v) is 2.60. The predicted molar refractivity (Wildman–Crippen MR) is 55.5 cm³/mol. The Bertz CT molecular complexity index is 525. The van der Waals surface area contributed by atoms with E-state index >= 15 is 0 Å². The maximum Gasteiger partial charge on any atom is 0.406 e. The molecule has 0 radical (unpaired) electrons. The number of carboxylic acid groups (broad SMARTS) is 1. The molecule has 96 valence electrons. The van der Waals surface area contributed by atoms with Crippen molar-refractivity contribution in [2.75, 3.05) is 11.4 Å². The zero-order valence-corrected chi connectivity index (χ0v) is 8.99. The van der Waals surface area contributed by atoms with E-state index in [0.29, 0.717) is 10.5 Å². The molecule has 18 heavy (non-hydrogen) atoms. The van der Waals surface area contributed by atoms with Crippen LogP contribution in [0.2, 0.25) is 0 Å². The first-order valence-electron chi connectivity index (χ1n) is 5.01. The number of hydrogen-bond acceptors (Lipinski definition) is 2. The summed E-state index contributed by atoms with van der Waals surface area (Å²) in [5.74, 6) is -1.86. The summed E-state index contributed by atoms with van der Waals surface area (Å²) in [5, 5.41) is 8.76. The van der Waals surface area contributed by atoms with E-state index in [1.54, 1.807) is 0 Å². The summed E-state index contributed by atoms with van der Waals surface area (Å²) in [6.45, 7) is -1.36. The molecule has 0 atom stereocenters. The van der Waals surface area contributed by atoms with Gasteiger partial charge in [0.25, 0.3) is 0 Å². The Kier molecular flexibility index (Phi) is 2.76. The number of alkyl halides is 3. The summed E-state index contributed by atoms with van der Waals surface area (Å²) in [6, 6.07) is 3.64. The third-order valence-electron chi connectivity index (χ3n) is 2.60. The van der Waals surface area contributed by atoms with Gasteiger partial charge in [-0.1, -0.05) is 0 Å². The first-order chi connectivity index (χ1) is 8.28. The van der Waals surface area contributed by atoms with Gasteiger partial charge < -0.3 is 10.0 Å². The molecule has 0 saturated carbocycles. The molecular weight excluding hydrogens is 251 g/mol. The molecule has 1 N–H and O–H groups in total. The van der Waals surface area contributed by atoms with Crippen LogP contribution in [0.25, 0.3) is 0 Å². The van der Waals surface area contributed by atoms with Crippen LogP contribution in [-0.4, -0.2) is 29.7 Å². The molecule has 0 spiro atoms. The Labute approximate surface area is 99.6 Å². The number of amides is 1. The normalized spacial score (nSPS) is 14.8. The number of hydrogen-bond donors (Lipinski definition) is 1. The lowest BCUT2D eigenvalue weighted by molar-refractivity contribution is -0.131. The monoisotopic (exact) mass is 259 g/mol. The van der Waals surface area contributed by atoms with Crippen molar-refractivity contribution in [3.63, 3.8) is 0 Å². The van der Waals surface area contributed by atoms with Crippen LogP contribution in [-0.2, 0) is 11.2 Å². The van der Waals surface area contributed by atoms with E-state index in [-0.39, 0.29) is 17.7 Å². The van der Waals surface area contributed by atoms with Gasteiger partial charge in [-0.15, -0.1) is 0 Å². The number of aromatic carboxylic acids is 1. The zero-order valence-electron chi connectivity index (χ0n) is 8.99. The van der Waals surface area contributed by atoms with Crippen LogP contribution in [0, 0.1) is 0 Å². The van der Waals surface area contributed by atoms with Crippen LogP contribution < -0.4 is 4.90 Å². The topological polar surface area (TPSA) is 57.6 Å². The van der Waals surface area contributed by atoms with Crippen LogP contribution in [0.3, 0.4) is 0 Å². The van der Waals surface area contributed by atoms with Gasteiger partial charge in [-0.05, 0) is 23.8 Å². The Hall–Kier alpha value is -2.05. The highest BCUT2D eigenvalue weighted by Crippen LogP contribution is 2.32. The van der Waals surface area contributed by atoms with Gasteiger partial charge >= 0.3 is 12.1 Å². The van der Waals surface area contributed by atoms with E-state index in [0.717, 1.165) is 0 Å². The lowest BCUT2D eigenvalue weighted by Crippen LogP contribution is -2.36. The third kappa shape index (κ3) is 2.29. The van der Waals surface area contributed by atoms with Crippen molar-refractivity contribution in [1.82, 2.24) is 0 Å². The first kappa shape index (κ1) is 12.4. The largest absolute Gasteiger partial charge is 0.478 e. The lowest BCUT2D eigenvalue weighted by atomic mass is 10.1. The average Bonchev–Trinajstić information content (AvgIpc) is 2.52. The van der Waals surface area contributed by atoms with Crippen molar-refractivity contribution in [2.24, 2.45) is 0 Å². The standard InChI is InChI=1S/C11H8F3NO3/c12-11(13,14)5-15-8-2-1-6(10(17)18)3-7(8)4-9(15)16/h1-3H,4-5H2,(H,17,18). The fourth-order valence-corrected chi connectivity index (χ4v) is 1.87. The number of nitrogens with zero attached hydrogens (tertiary/aromatic N) is 1. The highest BCUT2D eigenvalue weighted by atomic mass is 19.4. The van der Waals surface area contributed by atoms with E-state index in [9.17, 15) is 22.8 Å². The summed E-state index contributed by atoms with van der Waals surface area (Å²) in [4.78, 5) is 22.8. The van der Waals surface area contributed by atoms with E-state index < -0.39 is 24.6 Å². The minimum atomic E-state index is -4.48. The van der Waals surface area contributed by atoms with Crippen molar-refractivity contribution in [2.45, 2.75) is 12.6 Å². The van der Waals surface area contributed by atoms with Crippen LogP contribution in [0.15, 0.2) is 18.2 Å².